The zero-order valence-corrected chi connectivity index (χ0v) is 22.3. The molecule has 0 aromatic carbocycles. The molecule has 2 saturated carbocycles. The molecule has 4 aliphatic carbocycles. The van der Waals surface area contributed by atoms with Gasteiger partial charge in [-0.1, -0.05) is 74.5 Å². The van der Waals surface area contributed by atoms with E-state index in [1.165, 1.54) is 46.7 Å². The van der Waals surface area contributed by atoms with Gasteiger partial charge in [0.1, 0.15) is 0 Å². The van der Waals surface area contributed by atoms with Crippen molar-refractivity contribution in [3.05, 3.63) is 107 Å². The third kappa shape index (κ3) is 4.19. The van der Waals surface area contributed by atoms with Gasteiger partial charge < -0.3 is 0 Å². The van der Waals surface area contributed by atoms with Gasteiger partial charge in [-0.05, 0) is 49.6 Å². The van der Waals surface area contributed by atoms with Gasteiger partial charge in [0, 0.05) is 23.7 Å². The van der Waals surface area contributed by atoms with Crippen molar-refractivity contribution in [2.24, 2.45) is 0 Å². The first-order valence-electron chi connectivity index (χ1n) is 9.52. The van der Waals surface area contributed by atoms with Gasteiger partial charge >= 0.3 is 37.9 Å². The summed E-state index contributed by atoms with van der Waals surface area (Å²) in [6.45, 7) is 14.1. The van der Waals surface area contributed by atoms with Crippen molar-refractivity contribution >= 4 is 25.1 Å². The molecule has 0 aromatic heterocycles. The van der Waals surface area contributed by atoms with E-state index in [1.54, 1.807) is 11.1 Å². The van der Waals surface area contributed by atoms with Gasteiger partial charge in [0.2, 0.25) is 0 Å². The molecule has 0 bridgehead atoms. The van der Waals surface area contributed by atoms with Crippen LogP contribution in [0.1, 0.15) is 27.7 Å². The van der Waals surface area contributed by atoms with Crippen molar-refractivity contribution in [3.63, 3.8) is 0 Å². The molecule has 0 N–H and O–H groups in total. The van der Waals surface area contributed by atoms with Crippen LogP contribution < -0.4 is 0 Å². The Bertz CT molecular complexity index is 637. The van der Waals surface area contributed by atoms with Gasteiger partial charge in [-0.2, -0.15) is 0 Å². The van der Waals surface area contributed by atoms with Crippen LogP contribution in [0.4, 0.5) is 0 Å². The van der Waals surface area contributed by atoms with Crippen LogP contribution in [0.25, 0.3) is 0 Å². The summed E-state index contributed by atoms with van der Waals surface area (Å²) < 4.78 is 0. The van der Waals surface area contributed by atoms with E-state index < -0.39 is 28.9 Å². The fraction of sp³-hybridized carbons (Fsp3) is 0.250. The summed E-state index contributed by atoms with van der Waals surface area (Å²) in [7, 11) is 8.05. The Morgan fingerprint density at radius 1 is 0.679 bits per heavy atom. The third-order valence-electron chi connectivity index (χ3n) is 5.95. The Labute approximate surface area is 192 Å². The van der Waals surface area contributed by atoms with Gasteiger partial charge in [0.05, 0.1) is 8.07 Å². The second kappa shape index (κ2) is 9.42. The van der Waals surface area contributed by atoms with Crippen LogP contribution in [-0.4, -0.2) is 8.07 Å². The molecule has 0 saturated heterocycles. The second-order valence-electron chi connectivity index (χ2n) is 8.17. The van der Waals surface area contributed by atoms with Gasteiger partial charge in [0.15, 0.2) is 0 Å². The van der Waals surface area contributed by atoms with E-state index in [4.69, 9.17) is 17.0 Å². The first kappa shape index (κ1) is 23.3. The SMILES string of the molecule is C[C]1[CH][C]2[C](C=CC=C2C)[C]1[Si](C)(C)[C]1[C](C)[CH][C]2[C]1C=CC=C2C.[Cl][Zr][Cl]. The molecule has 4 heteroatoms. The molecule has 0 unspecified atom stereocenters. The van der Waals surface area contributed by atoms with Crippen LogP contribution in [0.3, 0.4) is 0 Å². The van der Waals surface area contributed by atoms with E-state index in [9.17, 15) is 0 Å². The zero-order chi connectivity index (χ0) is 20.6. The minimum atomic E-state index is -1.81. The summed E-state index contributed by atoms with van der Waals surface area (Å²) in [5.41, 5.74) is 6.00. The first-order chi connectivity index (χ1) is 13.2. The van der Waals surface area contributed by atoms with Crippen molar-refractivity contribution in [2.45, 2.75) is 40.8 Å². The number of halogens is 2. The van der Waals surface area contributed by atoms with E-state index in [-0.39, 0.29) is 0 Å². The fourth-order valence-electron chi connectivity index (χ4n) is 4.97. The molecule has 144 valence electrons. The Morgan fingerprint density at radius 3 is 1.39 bits per heavy atom. The number of rotatable bonds is 2. The topological polar surface area (TPSA) is 0 Å². The van der Waals surface area contributed by atoms with Crippen LogP contribution in [-0.2, 0) is 20.8 Å². The first-order valence-corrected chi connectivity index (χ1v) is 18.9. The molecule has 0 aliphatic heterocycles. The summed E-state index contributed by atoms with van der Waals surface area (Å²) in [6.07, 6.45) is 18.3. The molecule has 0 atom stereocenters. The van der Waals surface area contributed by atoms with Crippen LogP contribution in [0, 0.1) is 59.4 Å². The predicted octanol–water partition coefficient (Wildman–Crippen LogP) is 7.25. The summed E-state index contributed by atoms with van der Waals surface area (Å²) >= 11 is -0.826. The van der Waals surface area contributed by atoms with Crippen molar-refractivity contribution in [3.8, 4) is 0 Å². The molecular formula is C24H26Cl2SiZr. The van der Waals surface area contributed by atoms with Crippen LogP contribution in [0.2, 0.25) is 13.1 Å². The third-order valence-corrected chi connectivity index (χ3v) is 9.77. The van der Waals surface area contributed by atoms with E-state index in [1.807, 2.05) is 0 Å². The molecule has 4 rings (SSSR count). The summed E-state index contributed by atoms with van der Waals surface area (Å²) in [5.74, 6) is 8.72. The Hall–Kier alpha value is 0.640. The number of hydrogen-bond donors (Lipinski definition) is 0. The fourth-order valence-corrected chi connectivity index (χ4v) is 9.12. The Kier molecular flexibility index (Phi) is 7.84. The van der Waals surface area contributed by atoms with Gasteiger partial charge in [-0.3, -0.25) is 0 Å². The molecule has 28 heavy (non-hydrogen) atoms. The molecule has 4 aliphatic rings. The van der Waals surface area contributed by atoms with Crippen LogP contribution in [0.15, 0.2) is 47.6 Å². The second-order valence-corrected chi connectivity index (χ2v) is 16.2. The van der Waals surface area contributed by atoms with Gasteiger partial charge in [0.25, 0.3) is 0 Å². The molecule has 2 fully saturated rings. The summed E-state index contributed by atoms with van der Waals surface area (Å²) in [6, 6.07) is 0. The standard InChI is InChI=1S/C24H26Si.2ClH.Zr/c1-15-9-7-11-19-21(15)13-17(3)23(19)25(5,6)24-18(4)14-22-16(2)10-8-12-20(22)24;;;/h7-14H,1-6H3;2*1H;/q;;;+2/p-2. The molecule has 0 aromatic rings. The quantitative estimate of drug-likeness (QED) is 0.347. The molecule has 0 amide bonds. The average Bonchev–Trinajstić information content (AvgIpc) is 3.14. The number of hydrogen-bond acceptors (Lipinski definition) is 0. The normalized spacial score (nSPS) is 26.0. The van der Waals surface area contributed by atoms with E-state index in [2.05, 4.69) is 90.1 Å². The maximum atomic E-state index is 4.93. The van der Waals surface area contributed by atoms with Gasteiger partial charge in [-0.25, -0.2) is 0 Å². The van der Waals surface area contributed by atoms with E-state index >= 15 is 0 Å². The van der Waals surface area contributed by atoms with Crippen LogP contribution >= 0.6 is 17.0 Å². The number of fused-ring (bicyclic) bond motifs is 2. The minimum absolute atomic E-state index is 0.826. The summed E-state index contributed by atoms with van der Waals surface area (Å²) in [5, 5.41) is 0. The Morgan fingerprint density at radius 2 is 1.04 bits per heavy atom. The Balaban J connectivity index is 0.000000706. The number of allylic oxidation sites excluding steroid dienone is 8. The average molecular weight is 505 g/mol. The van der Waals surface area contributed by atoms with Crippen molar-refractivity contribution in [1.82, 2.24) is 0 Å². The summed E-state index contributed by atoms with van der Waals surface area (Å²) in [4.78, 5) is 0. The van der Waals surface area contributed by atoms with E-state index in [0.29, 0.717) is 0 Å². The van der Waals surface area contributed by atoms with Crippen molar-refractivity contribution in [1.29, 1.82) is 0 Å². The van der Waals surface area contributed by atoms with E-state index in [0.717, 1.165) is 0 Å². The zero-order valence-electron chi connectivity index (χ0n) is 17.4. The monoisotopic (exact) mass is 502 g/mol. The maximum absolute atomic E-state index is 4.93. The van der Waals surface area contributed by atoms with Crippen LogP contribution in [0.5, 0.6) is 0 Å². The van der Waals surface area contributed by atoms with Gasteiger partial charge in [-0.15, -0.1) is 0 Å². The molecule has 0 nitrogen and oxygen atoms in total. The molecule has 0 heterocycles. The predicted molar refractivity (Wildman–Crippen MR) is 121 cm³/mol. The van der Waals surface area contributed by atoms with Crippen molar-refractivity contribution < 1.29 is 20.8 Å². The molecule has 0 spiro atoms. The molecular weight excluding hydrogens is 478 g/mol. The van der Waals surface area contributed by atoms with Crippen molar-refractivity contribution in [2.75, 3.05) is 0 Å². The molecule has 10 radical (unpaired) electrons.